The van der Waals surface area contributed by atoms with Crippen LogP contribution in [0.3, 0.4) is 0 Å². The van der Waals surface area contributed by atoms with Gasteiger partial charge in [-0.05, 0) is 68.1 Å². The molecular weight excluding hydrogens is 409 g/mol. The van der Waals surface area contributed by atoms with E-state index in [2.05, 4.69) is 54.7 Å². The number of anilines is 2. The topological polar surface area (TPSA) is 44.3 Å². The molecular formula is C24H30FN5S. The highest BCUT2D eigenvalue weighted by molar-refractivity contribution is 7.17. The minimum absolute atomic E-state index is 0.390. The number of piperazine rings is 1. The van der Waals surface area contributed by atoms with Crippen LogP contribution in [0.5, 0.6) is 0 Å². The second-order valence-corrected chi connectivity index (χ2v) is 9.76. The summed E-state index contributed by atoms with van der Waals surface area (Å²) in [6.45, 7) is 5.74. The van der Waals surface area contributed by atoms with Gasteiger partial charge in [-0.15, -0.1) is 11.3 Å². The van der Waals surface area contributed by atoms with Crippen molar-refractivity contribution in [1.29, 1.82) is 0 Å². The molecule has 1 N–H and O–H groups in total. The molecule has 0 radical (unpaired) electrons. The zero-order valence-corrected chi connectivity index (χ0v) is 18.7. The van der Waals surface area contributed by atoms with Crippen LogP contribution in [-0.2, 0) is 0 Å². The predicted molar refractivity (Wildman–Crippen MR) is 126 cm³/mol. The van der Waals surface area contributed by atoms with E-state index in [0.717, 1.165) is 44.9 Å². The van der Waals surface area contributed by atoms with Crippen LogP contribution < -0.4 is 10.2 Å². The van der Waals surface area contributed by atoms with Crippen molar-refractivity contribution in [2.24, 2.45) is 5.92 Å². The van der Waals surface area contributed by atoms with Crippen LogP contribution in [0.15, 0.2) is 42.0 Å². The van der Waals surface area contributed by atoms with Crippen LogP contribution >= 0.6 is 11.3 Å². The van der Waals surface area contributed by atoms with E-state index in [9.17, 15) is 4.39 Å². The van der Waals surface area contributed by atoms with E-state index in [1.54, 1.807) is 0 Å². The van der Waals surface area contributed by atoms with Gasteiger partial charge < -0.3 is 10.2 Å². The lowest BCUT2D eigenvalue weighted by molar-refractivity contribution is 0.218. The van der Waals surface area contributed by atoms with Crippen LogP contribution in [0.4, 0.5) is 16.0 Å². The summed E-state index contributed by atoms with van der Waals surface area (Å²) in [5.41, 5.74) is 1.40. The maximum atomic E-state index is 13.0. The van der Waals surface area contributed by atoms with Gasteiger partial charge in [0.15, 0.2) is 5.82 Å². The lowest BCUT2D eigenvalue weighted by Gasteiger charge is -2.37. The van der Waals surface area contributed by atoms with Crippen molar-refractivity contribution in [2.75, 3.05) is 42.9 Å². The molecule has 1 aliphatic carbocycles. The van der Waals surface area contributed by atoms with E-state index >= 15 is 0 Å². The quantitative estimate of drug-likeness (QED) is 0.585. The molecule has 2 fully saturated rings. The van der Waals surface area contributed by atoms with E-state index in [-0.39, 0.29) is 0 Å². The zero-order valence-electron chi connectivity index (χ0n) is 17.8. The van der Waals surface area contributed by atoms with Gasteiger partial charge in [-0.1, -0.05) is 6.07 Å². The molecule has 2 aromatic heterocycles. The highest BCUT2D eigenvalue weighted by Crippen LogP contribution is 2.32. The molecule has 2 aliphatic rings. The highest BCUT2D eigenvalue weighted by Gasteiger charge is 2.24. The lowest BCUT2D eigenvalue weighted by Crippen LogP contribution is -2.47. The summed E-state index contributed by atoms with van der Waals surface area (Å²) in [6, 6.07) is 9.35. The molecule has 31 heavy (non-hydrogen) atoms. The second-order valence-electron chi connectivity index (χ2n) is 8.81. The fourth-order valence-electron chi connectivity index (χ4n) is 5.00. The maximum Gasteiger partial charge on any atom is 0.222 e. The fourth-order valence-corrected chi connectivity index (χ4v) is 5.80. The minimum Gasteiger partial charge on any atom is -0.368 e. The number of hydrogen-bond acceptors (Lipinski definition) is 6. The average Bonchev–Trinajstić information content (AvgIpc) is 3.30. The predicted octanol–water partition coefficient (Wildman–Crippen LogP) is 5.01. The van der Waals surface area contributed by atoms with Crippen LogP contribution in [0, 0.1) is 11.7 Å². The standard InChI is InChI=1S/C24H30FN5S/c25-19-16-26-24(27-17-19)28-20-6-4-18(5-7-20)8-10-29-11-13-30(14-12-29)22-2-1-3-23-21(22)9-15-31-23/h1-3,9,15-18,20H,4-8,10-14H2,(H,26,27,28)/t18-,20-. The molecule has 0 atom stereocenters. The minimum atomic E-state index is -0.390. The molecule has 1 aliphatic heterocycles. The third-order valence-corrected chi connectivity index (χ3v) is 7.72. The largest absolute Gasteiger partial charge is 0.368 e. The van der Waals surface area contributed by atoms with Crippen LogP contribution in [-0.4, -0.2) is 53.6 Å². The summed E-state index contributed by atoms with van der Waals surface area (Å²) < 4.78 is 14.3. The number of thiophene rings is 1. The van der Waals surface area contributed by atoms with Crippen LogP contribution in [0.2, 0.25) is 0 Å². The number of aromatic nitrogens is 2. The van der Waals surface area contributed by atoms with Crippen molar-refractivity contribution in [3.05, 3.63) is 47.9 Å². The van der Waals surface area contributed by atoms with Crippen LogP contribution in [0.1, 0.15) is 32.1 Å². The number of nitrogens with one attached hydrogen (secondary N) is 1. The monoisotopic (exact) mass is 439 g/mol. The summed E-state index contributed by atoms with van der Waals surface area (Å²) in [5.74, 6) is 0.962. The normalized spacial score (nSPS) is 22.7. The molecule has 0 spiro atoms. The number of nitrogens with zero attached hydrogens (tertiary/aromatic N) is 4. The maximum absolute atomic E-state index is 13.0. The number of benzene rings is 1. The number of rotatable bonds is 6. The Hall–Kier alpha value is -2.25. The van der Waals surface area contributed by atoms with Crippen molar-refractivity contribution < 1.29 is 4.39 Å². The highest BCUT2D eigenvalue weighted by atomic mass is 32.1. The Kier molecular flexibility index (Phi) is 6.32. The number of fused-ring (bicyclic) bond motifs is 1. The molecule has 3 aromatic rings. The van der Waals surface area contributed by atoms with Gasteiger partial charge >= 0.3 is 0 Å². The molecule has 164 valence electrons. The van der Waals surface area contributed by atoms with Crippen molar-refractivity contribution >= 4 is 33.1 Å². The molecule has 0 amide bonds. The van der Waals surface area contributed by atoms with E-state index < -0.39 is 5.82 Å². The average molecular weight is 440 g/mol. The van der Waals surface area contributed by atoms with E-state index in [0.29, 0.717) is 12.0 Å². The third-order valence-electron chi connectivity index (χ3n) is 6.84. The number of hydrogen-bond donors (Lipinski definition) is 1. The van der Waals surface area contributed by atoms with Gasteiger partial charge in [-0.25, -0.2) is 14.4 Å². The fraction of sp³-hybridized carbons (Fsp3) is 0.500. The summed E-state index contributed by atoms with van der Waals surface area (Å²) in [6.07, 6.45) is 8.52. The molecule has 5 nitrogen and oxygen atoms in total. The van der Waals surface area contributed by atoms with Gasteiger partial charge in [-0.3, -0.25) is 4.90 Å². The molecule has 0 unspecified atom stereocenters. The Morgan fingerprint density at radius 2 is 1.77 bits per heavy atom. The Labute approximate surface area is 187 Å². The van der Waals surface area contributed by atoms with Crippen molar-refractivity contribution in [3.8, 4) is 0 Å². The summed E-state index contributed by atoms with van der Waals surface area (Å²) in [5, 5.41) is 6.96. The van der Waals surface area contributed by atoms with E-state index in [4.69, 9.17) is 0 Å². The molecule has 1 aromatic carbocycles. The molecule has 1 saturated carbocycles. The Bertz CT molecular complexity index is 975. The van der Waals surface area contributed by atoms with Crippen molar-refractivity contribution in [2.45, 2.75) is 38.1 Å². The van der Waals surface area contributed by atoms with Gasteiger partial charge in [0, 0.05) is 48.0 Å². The van der Waals surface area contributed by atoms with Gasteiger partial charge in [0.05, 0.1) is 12.4 Å². The summed E-state index contributed by atoms with van der Waals surface area (Å²) in [7, 11) is 0. The first-order valence-electron chi connectivity index (χ1n) is 11.4. The third kappa shape index (κ3) is 4.99. The van der Waals surface area contributed by atoms with Gasteiger partial charge in [-0.2, -0.15) is 0 Å². The molecule has 5 rings (SSSR count). The summed E-state index contributed by atoms with van der Waals surface area (Å²) in [4.78, 5) is 13.2. The molecule has 3 heterocycles. The lowest BCUT2D eigenvalue weighted by atomic mass is 9.84. The van der Waals surface area contributed by atoms with E-state index in [1.807, 2.05) is 11.3 Å². The van der Waals surface area contributed by atoms with Gasteiger partial charge in [0.25, 0.3) is 0 Å². The van der Waals surface area contributed by atoms with E-state index in [1.165, 1.54) is 54.0 Å². The van der Waals surface area contributed by atoms with Crippen LogP contribution in [0.25, 0.3) is 10.1 Å². The zero-order chi connectivity index (χ0) is 21.0. The molecule has 1 saturated heterocycles. The first-order chi connectivity index (χ1) is 15.2. The van der Waals surface area contributed by atoms with Gasteiger partial charge in [0.1, 0.15) is 0 Å². The Morgan fingerprint density at radius 1 is 1.00 bits per heavy atom. The summed E-state index contributed by atoms with van der Waals surface area (Å²) >= 11 is 1.83. The molecule has 7 heteroatoms. The Balaban J connectivity index is 1.04. The van der Waals surface area contributed by atoms with Crippen molar-refractivity contribution in [3.63, 3.8) is 0 Å². The Morgan fingerprint density at radius 3 is 2.55 bits per heavy atom. The van der Waals surface area contributed by atoms with Gasteiger partial charge in [0.2, 0.25) is 5.95 Å². The number of halogens is 1. The molecule has 0 bridgehead atoms. The smallest absolute Gasteiger partial charge is 0.222 e. The van der Waals surface area contributed by atoms with Crippen molar-refractivity contribution in [1.82, 2.24) is 14.9 Å². The SMILES string of the molecule is Fc1cnc(N[C@H]2CC[C@H](CCN3CCN(c4cccc5sccc45)CC3)CC2)nc1. The second kappa shape index (κ2) is 9.49. The first kappa shape index (κ1) is 20.6. The first-order valence-corrected chi connectivity index (χ1v) is 12.3.